The molecule has 3 nitrogen and oxygen atoms in total. The maximum Gasteiger partial charge on any atom is 0.340 e. The third-order valence-electron chi connectivity index (χ3n) is 3.24. The fourth-order valence-corrected chi connectivity index (χ4v) is 1.91. The van der Waals surface area contributed by atoms with E-state index in [1.165, 1.54) is 5.57 Å². The Kier molecular flexibility index (Phi) is 6.85. The number of carbonyl (C=O) groups is 1. The molecule has 0 fully saturated rings. The average Bonchev–Trinajstić information content (AvgIpc) is 2.38. The molecule has 0 aliphatic heterocycles. The highest BCUT2D eigenvalue weighted by Crippen LogP contribution is 2.14. The minimum absolute atomic E-state index is 0.334. The van der Waals surface area contributed by atoms with Crippen molar-refractivity contribution in [3.63, 3.8) is 0 Å². The van der Waals surface area contributed by atoms with E-state index >= 15 is 0 Å². The number of carbonyl (C=O) groups excluding carboxylic acids is 1. The summed E-state index contributed by atoms with van der Waals surface area (Å²) in [5, 5.41) is 0. The van der Waals surface area contributed by atoms with Gasteiger partial charge in [-0.15, -0.1) is 0 Å². The van der Waals surface area contributed by atoms with Gasteiger partial charge in [0.1, 0.15) is 0 Å². The number of rotatable bonds is 7. The van der Waals surface area contributed by atoms with Gasteiger partial charge in [0.2, 0.25) is 0 Å². The lowest BCUT2D eigenvalue weighted by molar-refractivity contribution is 0.0485. The zero-order valence-electron chi connectivity index (χ0n) is 12.7. The standard InChI is InChI=1S/C17H25NO2/c1-13(2)7-6-8-14(3)11-12-20-17(19)15-9-4-5-10-16(15)18/h4-5,7,9-10,14H,6,8,11-12,18H2,1-3H3/t14-/m1/s1. The van der Waals surface area contributed by atoms with Gasteiger partial charge in [-0.2, -0.15) is 0 Å². The van der Waals surface area contributed by atoms with Crippen LogP contribution in [-0.4, -0.2) is 12.6 Å². The lowest BCUT2D eigenvalue weighted by Gasteiger charge is -2.11. The Morgan fingerprint density at radius 2 is 2.00 bits per heavy atom. The second-order valence-corrected chi connectivity index (χ2v) is 5.48. The number of allylic oxidation sites excluding steroid dienone is 2. The maximum atomic E-state index is 11.8. The summed E-state index contributed by atoms with van der Waals surface area (Å²) in [7, 11) is 0. The number of ether oxygens (including phenoxy) is 1. The van der Waals surface area contributed by atoms with Crippen molar-refractivity contribution in [2.45, 2.75) is 40.0 Å². The molecule has 0 saturated carbocycles. The number of benzene rings is 1. The van der Waals surface area contributed by atoms with Crippen LogP contribution in [-0.2, 0) is 4.74 Å². The second kappa shape index (κ2) is 8.41. The predicted molar refractivity (Wildman–Crippen MR) is 83.6 cm³/mol. The van der Waals surface area contributed by atoms with Gasteiger partial charge in [-0.3, -0.25) is 0 Å². The second-order valence-electron chi connectivity index (χ2n) is 5.48. The number of hydrogen-bond acceptors (Lipinski definition) is 3. The van der Waals surface area contributed by atoms with Crippen LogP contribution in [0.5, 0.6) is 0 Å². The molecule has 20 heavy (non-hydrogen) atoms. The van der Waals surface area contributed by atoms with E-state index in [0.29, 0.717) is 23.8 Å². The van der Waals surface area contributed by atoms with Gasteiger partial charge >= 0.3 is 5.97 Å². The summed E-state index contributed by atoms with van der Waals surface area (Å²) in [4.78, 5) is 11.8. The Morgan fingerprint density at radius 1 is 1.30 bits per heavy atom. The minimum Gasteiger partial charge on any atom is -0.462 e. The number of esters is 1. The van der Waals surface area contributed by atoms with Gasteiger partial charge in [-0.25, -0.2) is 4.79 Å². The van der Waals surface area contributed by atoms with Crippen LogP contribution < -0.4 is 5.73 Å². The van der Waals surface area contributed by atoms with E-state index in [4.69, 9.17) is 10.5 Å². The molecule has 0 unspecified atom stereocenters. The van der Waals surface area contributed by atoms with E-state index < -0.39 is 0 Å². The van der Waals surface area contributed by atoms with Crippen LogP contribution in [0.4, 0.5) is 5.69 Å². The molecule has 0 aliphatic carbocycles. The van der Waals surface area contributed by atoms with Crippen molar-refractivity contribution < 1.29 is 9.53 Å². The molecule has 3 heteroatoms. The summed E-state index contributed by atoms with van der Waals surface area (Å²) in [6.07, 6.45) is 5.33. The van der Waals surface area contributed by atoms with Crippen LogP contribution in [0.15, 0.2) is 35.9 Å². The summed E-state index contributed by atoms with van der Waals surface area (Å²) < 4.78 is 5.27. The van der Waals surface area contributed by atoms with E-state index in [0.717, 1.165) is 19.3 Å². The van der Waals surface area contributed by atoms with E-state index in [2.05, 4.69) is 26.8 Å². The summed E-state index contributed by atoms with van der Waals surface area (Å²) >= 11 is 0. The third-order valence-corrected chi connectivity index (χ3v) is 3.24. The van der Waals surface area contributed by atoms with Gasteiger partial charge in [0.15, 0.2) is 0 Å². The first-order valence-corrected chi connectivity index (χ1v) is 7.15. The lowest BCUT2D eigenvalue weighted by Crippen LogP contribution is -2.10. The Bertz CT molecular complexity index is 462. The number of nitrogens with two attached hydrogens (primary N) is 1. The Hall–Kier alpha value is -1.77. The first kappa shape index (κ1) is 16.3. The molecular formula is C17H25NO2. The Balaban J connectivity index is 2.29. The predicted octanol–water partition coefficient (Wildman–Crippen LogP) is 4.20. The molecule has 1 aromatic carbocycles. The van der Waals surface area contributed by atoms with E-state index in [1.807, 2.05) is 0 Å². The number of nitrogen functional groups attached to an aromatic ring is 1. The molecule has 0 heterocycles. The zero-order chi connectivity index (χ0) is 15.0. The van der Waals surface area contributed by atoms with E-state index in [9.17, 15) is 4.79 Å². The van der Waals surface area contributed by atoms with Crippen LogP contribution in [0.1, 0.15) is 50.4 Å². The molecule has 0 spiro atoms. The van der Waals surface area contributed by atoms with Crippen LogP contribution in [0.2, 0.25) is 0 Å². The highest BCUT2D eigenvalue weighted by molar-refractivity contribution is 5.94. The van der Waals surface area contributed by atoms with Crippen molar-refractivity contribution in [1.82, 2.24) is 0 Å². The van der Waals surface area contributed by atoms with Crippen molar-refractivity contribution in [3.05, 3.63) is 41.5 Å². The number of anilines is 1. The lowest BCUT2D eigenvalue weighted by atomic mass is 10.0. The maximum absolute atomic E-state index is 11.8. The van der Waals surface area contributed by atoms with Crippen molar-refractivity contribution in [1.29, 1.82) is 0 Å². The molecule has 0 amide bonds. The molecule has 1 atom stereocenters. The fraction of sp³-hybridized carbons (Fsp3) is 0.471. The van der Waals surface area contributed by atoms with Gasteiger partial charge in [0, 0.05) is 5.69 Å². The average molecular weight is 275 g/mol. The monoisotopic (exact) mass is 275 g/mol. The van der Waals surface area contributed by atoms with Crippen molar-refractivity contribution in [3.8, 4) is 0 Å². The van der Waals surface area contributed by atoms with Crippen molar-refractivity contribution >= 4 is 11.7 Å². The number of hydrogen-bond donors (Lipinski definition) is 1. The normalized spacial score (nSPS) is 11.8. The summed E-state index contributed by atoms with van der Waals surface area (Å²) in [6, 6.07) is 6.99. The molecular weight excluding hydrogens is 250 g/mol. The first-order chi connectivity index (χ1) is 9.50. The molecule has 0 aliphatic rings. The van der Waals surface area contributed by atoms with Gasteiger partial charge in [0.05, 0.1) is 12.2 Å². The van der Waals surface area contributed by atoms with Crippen LogP contribution in [0, 0.1) is 5.92 Å². The Labute approximate surface area is 121 Å². The number of para-hydroxylation sites is 1. The SMILES string of the molecule is CC(C)=CCC[C@@H](C)CCOC(=O)c1ccccc1N. The van der Waals surface area contributed by atoms with E-state index in [-0.39, 0.29) is 5.97 Å². The van der Waals surface area contributed by atoms with Gasteiger partial charge in [-0.1, -0.05) is 30.7 Å². The van der Waals surface area contributed by atoms with Crippen molar-refractivity contribution in [2.75, 3.05) is 12.3 Å². The van der Waals surface area contributed by atoms with Gasteiger partial charge in [0.25, 0.3) is 0 Å². The van der Waals surface area contributed by atoms with Crippen LogP contribution in [0.3, 0.4) is 0 Å². The molecule has 0 radical (unpaired) electrons. The van der Waals surface area contributed by atoms with Gasteiger partial charge in [-0.05, 0) is 51.2 Å². The van der Waals surface area contributed by atoms with Crippen LogP contribution >= 0.6 is 0 Å². The highest BCUT2D eigenvalue weighted by atomic mass is 16.5. The molecule has 2 N–H and O–H groups in total. The third kappa shape index (κ3) is 5.91. The highest BCUT2D eigenvalue weighted by Gasteiger charge is 2.10. The van der Waals surface area contributed by atoms with Crippen molar-refractivity contribution in [2.24, 2.45) is 5.92 Å². The molecule has 1 rings (SSSR count). The quantitative estimate of drug-likeness (QED) is 0.461. The largest absolute Gasteiger partial charge is 0.462 e. The first-order valence-electron chi connectivity index (χ1n) is 7.15. The summed E-state index contributed by atoms with van der Waals surface area (Å²) in [6.45, 7) is 6.85. The van der Waals surface area contributed by atoms with Crippen LogP contribution in [0.25, 0.3) is 0 Å². The molecule has 0 saturated heterocycles. The molecule has 1 aromatic rings. The smallest absolute Gasteiger partial charge is 0.340 e. The topological polar surface area (TPSA) is 52.3 Å². The molecule has 0 bridgehead atoms. The molecule has 0 aromatic heterocycles. The van der Waals surface area contributed by atoms with E-state index in [1.54, 1.807) is 24.3 Å². The van der Waals surface area contributed by atoms with Gasteiger partial charge < -0.3 is 10.5 Å². The summed E-state index contributed by atoms with van der Waals surface area (Å²) in [5.41, 5.74) is 8.01. The fourth-order valence-electron chi connectivity index (χ4n) is 1.91. The Morgan fingerprint density at radius 3 is 2.65 bits per heavy atom. The minimum atomic E-state index is -0.334. The summed E-state index contributed by atoms with van der Waals surface area (Å²) in [5.74, 6) is 0.214. The zero-order valence-corrected chi connectivity index (χ0v) is 12.7. The molecule has 110 valence electrons.